The summed E-state index contributed by atoms with van der Waals surface area (Å²) in [5, 5.41) is 12.3. The Bertz CT molecular complexity index is 816. The molecule has 2 aromatic rings. The Morgan fingerprint density at radius 1 is 1.24 bits per heavy atom. The van der Waals surface area contributed by atoms with Gasteiger partial charge < -0.3 is 15.3 Å². The van der Waals surface area contributed by atoms with Gasteiger partial charge in [0.1, 0.15) is 6.61 Å². The van der Waals surface area contributed by atoms with Gasteiger partial charge in [-0.3, -0.25) is 19.4 Å². The SMILES string of the molecule is O=C(NCC(=O)N1CCCC1C(=O)CO)c1ccnc2ccccc12. The van der Waals surface area contributed by atoms with Crippen LogP contribution in [-0.4, -0.2) is 58.3 Å². The standard InChI is InChI=1S/C18H19N3O4/c22-11-16(23)15-6-3-9-21(15)17(24)10-20-18(25)13-7-8-19-14-5-2-1-4-12(13)14/h1-2,4-5,7-8,15,22H,3,6,9-11H2,(H,20,25). The van der Waals surface area contributed by atoms with Gasteiger partial charge in [-0.05, 0) is 25.0 Å². The lowest BCUT2D eigenvalue weighted by Gasteiger charge is -2.23. The van der Waals surface area contributed by atoms with Gasteiger partial charge in [0.05, 0.1) is 23.7 Å². The summed E-state index contributed by atoms with van der Waals surface area (Å²) in [5.41, 5.74) is 1.15. The minimum atomic E-state index is -0.587. The molecule has 1 aromatic carbocycles. The Morgan fingerprint density at radius 2 is 2.04 bits per heavy atom. The molecule has 1 fully saturated rings. The fraction of sp³-hybridized carbons (Fsp3) is 0.333. The first-order valence-electron chi connectivity index (χ1n) is 8.17. The summed E-state index contributed by atoms with van der Waals surface area (Å²) >= 11 is 0. The van der Waals surface area contributed by atoms with Crippen LogP contribution in [0.3, 0.4) is 0 Å². The molecule has 0 spiro atoms. The molecule has 2 N–H and O–H groups in total. The second-order valence-corrected chi connectivity index (χ2v) is 5.93. The van der Waals surface area contributed by atoms with Crippen molar-refractivity contribution in [2.45, 2.75) is 18.9 Å². The number of likely N-dealkylation sites (tertiary alicyclic amines) is 1. The second kappa shape index (κ2) is 7.40. The molecule has 1 aliphatic heterocycles. The number of fused-ring (bicyclic) bond motifs is 1. The van der Waals surface area contributed by atoms with Gasteiger partial charge in [-0.15, -0.1) is 0 Å². The van der Waals surface area contributed by atoms with Crippen molar-refractivity contribution in [3.05, 3.63) is 42.1 Å². The maximum Gasteiger partial charge on any atom is 0.252 e. The van der Waals surface area contributed by atoms with Crippen LogP contribution in [0.2, 0.25) is 0 Å². The molecule has 3 rings (SSSR count). The van der Waals surface area contributed by atoms with Gasteiger partial charge in [-0.25, -0.2) is 0 Å². The number of carbonyl (C=O) groups is 3. The van der Waals surface area contributed by atoms with E-state index in [2.05, 4.69) is 10.3 Å². The van der Waals surface area contributed by atoms with Gasteiger partial charge in [0, 0.05) is 18.1 Å². The van der Waals surface area contributed by atoms with Crippen LogP contribution >= 0.6 is 0 Å². The van der Waals surface area contributed by atoms with Crippen LogP contribution < -0.4 is 5.32 Å². The number of para-hydroxylation sites is 1. The maximum absolute atomic E-state index is 12.4. The van der Waals surface area contributed by atoms with Gasteiger partial charge in [0.2, 0.25) is 5.91 Å². The minimum Gasteiger partial charge on any atom is -0.389 e. The molecule has 0 bridgehead atoms. The third-order valence-corrected chi connectivity index (χ3v) is 4.39. The van der Waals surface area contributed by atoms with E-state index in [-0.39, 0.29) is 24.1 Å². The number of nitrogens with one attached hydrogen (secondary N) is 1. The highest BCUT2D eigenvalue weighted by Gasteiger charge is 2.33. The zero-order valence-electron chi connectivity index (χ0n) is 13.6. The molecule has 1 atom stereocenters. The van der Waals surface area contributed by atoms with Gasteiger partial charge >= 0.3 is 0 Å². The Hall–Kier alpha value is -2.80. The summed E-state index contributed by atoms with van der Waals surface area (Å²) in [6.45, 7) is -0.308. The van der Waals surface area contributed by atoms with Crippen molar-refractivity contribution in [1.82, 2.24) is 15.2 Å². The molecule has 1 aromatic heterocycles. The number of amides is 2. The molecular formula is C18H19N3O4. The maximum atomic E-state index is 12.4. The van der Waals surface area contributed by atoms with Crippen LogP contribution in [0.4, 0.5) is 0 Å². The van der Waals surface area contributed by atoms with E-state index < -0.39 is 12.6 Å². The quantitative estimate of drug-likeness (QED) is 0.826. The number of pyridine rings is 1. The fourth-order valence-electron chi connectivity index (χ4n) is 3.15. The van der Waals surface area contributed by atoms with Crippen molar-refractivity contribution in [2.24, 2.45) is 0 Å². The second-order valence-electron chi connectivity index (χ2n) is 5.93. The van der Waals surface area contributed by atoms with Crippen molar-refractivity contribution in [3.63, 3.8) is 0 Å². The summed E-state index contributed by atoms with van der Waals surface area (Å²) < 4.78 is 0. The molecule has 0 radical (unpaired) electrons. The smallest absolute Gasteiger partial charge is 0.252 e. The topological polar surface area (TPSA) is 99.6 Å². The molecule has 1 saturated heterocycles. The van der Waals surface area contributed by atoms with E-state index in [0.29, 0.717) is 35.9 Å². The number of carbonyl (C=O) groups excluding carboxylic acids is 3. The summed E-state index contributed by atoms with van der Waals surface area (Å²) in [7, 11) is 0. The van der Waals surface area contributed by atoms with E-state index in [1.807, 2.05) is 18.2 Å². The molecule has 1 aliphatic rings. The molecule has 1 unspecified atom stereocenters. The zero-order valence-corrected chi connectivity index (χ0v) is 13.6. The van der Waals surface area contributed by atoms with Crippen molar-refractivity contribution in [2.75, 3.05) is 19.7 Å². The van der Waals surface area contributed by atoms with E-state index in [4.69, 9.17) is 5.11 Å². The number of nitrogens with zero attached hydrogens (tertiary/aromatic N) is 2. The van der Waals surface area contributed by atoms with Crippen molar-refractivity contribution >= 4 is 28.5 Å². The van der Waals surface area contributed by atoms with E-state index in [1.54, 1.807) is 18.3 Å². The number of ketones is 1. The molecule has 7 nitrogen and oxygen atoms in total. The van der Waals surface area contributed by atoms with E-state index in [1.165, 1.54) is 4.90 Å². The number of aliphatic hydroxyl groups is 1. The number of rotatable bonds is 5. The molecular weight excluding hydrogens is 322 g/mol. The average Bonchev–Trinajstić information content (AvgIpc) is 3.14. The monoisotopic (exact) mass is 341 g/mol. The van der Waals surface area contributed by atoms with Crippen molar-refractivity contribution < 1.29 is 19.5 Å². The summed E-state index contributed by atoms with van der Waals surface area (Å²) in [5.74, 6) is -1.05. The molecule has 130 valence electrons. The molecule has 0 saturated carbocycles. The highest BCUT2D eigenvalue weighted by molar-refractivity contribution is 6.06. The number of Topliss-reactive ketones (excluding diaryl/α,β-unsaturated/α-hetero) is 1. The van der Waals surface area contributed by atoms with Gasteiger partial charge in [-0.1, -0.05) is 18.2 Å². The van der Waals surface area contributed by atoms with Crippen LogP contribution in [0.5, 0.6) is 0 Å². The Morgan fingerprint density at radius 3 is 2.84 bits per heavy atom. The number of aliphatic hydroxyl groups excluding tert-OH is 1. The Kier molecular flexibility index (Phi) is 5.04. The Balaban J connectivity index is 1.67. The third-order valence-electron chi connectivity index (χ3n) is 4.39. The summed E-state index contributed by atoms with van der Waals surface area (Å²) in [4.78, 5) is 42.1. The van der Waals surface area contributed by atoms with Gasteiger partial charge in [0.25, 0.3) is 5.91 Å². The summed E-state index contributed by atoms with van der Waals surface area (Å²) in [6.07, 6.45) is 2.81. The molecule has 2 amide bonds. The fourth-order valence-corrected chi connectivity index (χ4v) is 3.15. The lowest BCUT2D eigenvalue weighted by atomic mass is 10.1. The Labute approximate surface area is 144 Å². The van der Waals surface area contributed by atoms with E-state index in [9.17, 15) is 14.4 Å². The number of benzene rings is 1. The predicted molar refractivity (Wildman–Crippen MR) is 90.9 cm³/mol. The normalized spacial score (nSPS) is 16.8. The number of aromatic nitrogens is 1. The number of hydrogen-bond donors (Lipinski definition) is 2. The van der Waals surface area contributed by atoms with Crippen LogP contribution in [0.15, 0.2) is 36.5 Å². The first-order chi connectivity index (χ1) is 12.1. The number of hydrogen-bond acceptors (Lipinski definition) is 5. The molecule has 25 heavy (non-hydrogen) atoms. The summed E-state index contributed by atoms with van der Waals surface area (Å²) in [6, 6.07) is 8.29. The largest absolute Gasteiger partial charge is 0.389 e. The highest BCUT2D eigenvalue weighted by atomic mass is 16.3. The van der Waals surface area contributed by atoms with Gasteiger partial charge in [0.15, 0.2) is 5.78 Å². The average molecular weight is 341 g/mol. The highest BCUT2D eigenvalue weighted by Crippen LogP contribution is 2.18. The van der Waals surface area contributed by atoms with Crippen LogP contribution in [-0.2, 0) is 9.59 Å². The van der Waals surface area contributed by atoms with E-state index >= 15 is 0 Å². The predicted octanol–water partition coefficient (Wildman–Crippen LogP) is 0.517. The molecule has 0 aliphatic carbocycles. The molecule has 7 heteroatoms. The first-order valence-corrected chi connectivity index (χ1v) is 8.17. The van der Waals surface area contributed by atoms with Crippen LogP contribution in [0, 0.1) is 0 Å². The van der Waals surface area contributed by atoms with Crippen LogP contribution in [0.25, 0.3) is 10.9 Å². The lowest BCUT2D eigenvalue weighted by Crippen LogP contribution is -2.46. The third kappa shape index (κ3) is 3.51. The van der Waals surface area contributed by atoms with Crippen molar-refractivity contribution in [3.8, 4) is 0 Å². The molecule has 2 heterocycles. The first kappa shape index (κ1) is 17.0. The van der Waals surface area contributed by atoms with E-state index in [0.717, 1.165) is 0 Å². The zero-order chi connectivity index (χ0) is 17.8. The van der Waals surface area contributed by atoms with Crippen LogP contribution in [0.1, 0.15) is 23.2 Å². The minimum absolute atomic E-state index is 0.190. The van der Waals surface area contributed by atoms with Gasteiger partial charge in [-0.2, -0.15) is 0 Å². The lowest BCUT2D eigenvalue weighted by molar-refractivity contribution is -0.137. The van der Waals surface area contributed by atoms with Crippen molar-refractivity contribution in [1.29, 1.82) is 0 Å².